The normalized spacial score (nSPS) is 23.2. The smallest absolute Gasteiger partial charge is 0.318 e. The van der Waals surface area contributed by atoms with Gasteiger partial charge in [0.05, 0.1) is 0 Å². The quantitative estimate of drug-likeness (QED) is 0.620. The second kappa shape index (κ2) is 3.57. The molecule has 0 aliphatic carbocycles. The van der Waals surface area contributed by atoms with Crippen molar-refractivity contribution < 1.29 is 9.59 Å². The number of nitrogens with one attached hydrogen (secondary N) is 1. The summed E-state index contributed by atoms with van der Waals surface area (Å²) < 4.78 is 0. The highest BCUT2D eigenvalue weighted by molar-refractivity contribution is 6.01. The molecule has 0 atom stereocenters. The van der Waals surface area contributed by atoms with Crippen LogP contribution in [0.4, 0.5) is 4.79 Å². The van der Waals surface area contributed by atoms with Crippen molar-refractivity contribution in [2.24, 2.45) is 5.92 Å². The number of hydrogen-bond donors (Lipinski definition) is 1. The van der Waals surface area contributed by atoms with Gasteiger partial charge in [-0.3, -0.25) is 9.69 Å². The van der Waals surface area contributed by atoms with E-state index in [2.05, 4.69) is 5.32 Å². The minimum atomic E-state index is -0.151. The van der Waals surface area contributed by atoms with Crippen LogP contribution in [0.3, 0.4) is 0 Å². The molecule has 0 aromatic rings. The Balaban J connectivity index is 1.84. The number of nitrogens with zero attached hydrogens (tertiary/aromatic N) is 2. The second-order valence-corrected chi connectivity index (χ2v) is 4.00. The molecule has 5 heteroatoms. The SMILES string of the molecule is CN1CC(=O)N(CCC2CNC2)C1=O. The Kier molecular flexibility index (Phi) is 2.41. The van der Waals surface area contributed by atoms with Gasteiger partial charge in [0.15, 0.2) is 0 Å². The molecule has 0 aromatic heterocycles. The van der Waals surface area contributed by atoms with Crippen LogP contribution in [0.1, 0.15) is 6.42 Å². The predicted octanol–water partition coefficient (Wildman–Crippen LogP) is -0.510. The van der Waals surface area contributed by atoms with Crippen molar-refractivity contribution in [1.82, 2.24) is 15.1 Å². The highest BCUT2D eigenvalue weighted by atomic mass is 16.2. The van der Waals surface area contributed by atoms with Gasteiger partial charge < -0.3 is 10.2 Å². The van der Waals surface area contributed by atoms with Crippen LogP contribution < -0.4 is 5.32 Å². The summed E-state index contributed by atoms with van der Waals surface area (Å²) in [6.07, 6.45) is 0.929. The van der Waals surface area contributed by atoms with E-state index < -0.39 is 0 Å². The first-order valence-corrected chi connectivity index (χ1v) is 4.94. The van der Waals surface area contributed by atoms with Gasteiger partial charge in [0.2, 0.25) is 5.91 Å². The van der Waals surface area contributed by atoms with Gasteiger partial charge >= 0.3 is 6.03 Å². The monoisotopic (exact) mass is 197 g/mol. The molecule has 3 amide bonds. The number of carbonyl (C=O) groups excluding carboxylic acids is 2. The fraction of sp³-hybridized carbons (Fsp3) is 0.778. The lowest BCUT2D eigenvalue weighted by molar-refractivity contribution is -0.125. The van der Waals surface area contributed by atoms with E-state index in [1.807, 2.05) is 0 Å². The number of imide groups is 1. The Hall–Kier alpha value is -1.10. The molecule has 2 aliphatic heterocycles. The second-order valence-electron chi connectivity index (χ2n) is 4.00. The van der Waals surface area contributed by atoms with E-state index in [9.17, 15) is 9.59 Å². The van der Waals surface area contributed by atoms with Gasteiger partial charge in [0, 0.05) is 13.6 Å². The van der Waals surface area contributed by atoms with Gasteiger partial charge in [0.1, 0.15) is 6.54 Å². The standard InChI is InChI=1S/C9H15N3O2/c1-11-6-8(13)12(9(11)14)3-2-7-4-10-5-7/h7,10H,2-6H2,1H3. The molecule has 2 aliphatic rings. The zero-order chi connectivity index (χ0) is 10.1. The van der Waals surface area contributed by atoms with E-state index >= 15 is 0 Å². The van der Waals surface area contributed by atoms with E-state index in [-0.39, 0.29) is 18.5 Å². The Labute approximate surface area is 83.0 Å². The summed E-state index contributed by atoms with van der Waals surface area (Å²) in [7, 11) is 1.66. The Morgan fingerprint density at radius 3 is 2.57 bits per heavy atom. The van der Waals surface area contributed by atoms with E-state index in [1.165, 1.54) is 9.80 Å². The number of rotatable bonds is 3. The molecular weight excluding hydrogens is 182 g/mol. The molecule has 0 aromatic carbocycles. The maximum Gasteiger partial charge on any atom is 0.326 e. The summed E-state index contributed by atoms with van der Waals surface area (Å²) in [5.41, 5.74) is 0. The third kappa shape index (κ3) is 1.59. The van der Waals surface area contributed by atoms with Gasteiger partial charge in [-0.05, 0) is 25.4 Å². The van der Waals surface area contributed by atoms with Gasteiger partial charge in [-0.15, -0.1) is 0 Å². The molecule has 0 spiro atoms. The third-order valence-electron chi connectivity index (χ3n) is 2.86. The van der Waals surface area contributed by atoms with E-state index in [4.69, 9.17) is 0 Å². The Bertz CT molecular complexity index is 263. The molecule has 0 unspecified atom stereocenters. The molecule has 14 heavy (non-hydrogen) atoms. The topological polar surface area (TPSA) is 52.7 Å². The summed E-state index contributed by atoms with van der Waals surface area (Å²) in [5.74, 6) is 0.575. The first-order chi connectivity index (χ1) is 6.68. The predicted molar refractivity (Wildman–Crippen MR) is 50.7 cm³/mol. The molecule has 0 saturated carbocycles. The van der Waals surface area contributed by atoms with Crippen molar-refractivity contribution in [2.75, 3.05) is 33.2 Å². The lowest BCUT2D eigenvalue weighted by Crippen LogP contribution is -2.44. The molecule has 5 nitrogen and oxygen atoms in total. The van der Waals surface area contributed by atoms with E-state index in [1.54, 1.807) is 7.05 Å². The number of urea groups is 1. The first kappa shape index (κ1) is 9.45. The minimum Gasteiger partial charge on any atom is -0.318 e. The highest BCUT2D eigenvalue weighted by Crippen LogP contribution is 2.13. The average molecular weight is 197 g/mol. The molecule has 0 radical (unpaired) electrons. The van der Waals surface area contributed by atoms with Gasteiger partial charge in [-0.1, -0.05) is 0 Å². The molecule has 0 bridgehead atoms. The Morgan fingerprint density at radius 1 is 1.43 bits per heavy atom. The van der Waals surface area contributed by atoms with Crippen LogP contribution in [-0.4, -0.2) is 55.0 Å². The minimum absolute atomic E-state index is 0.0650. The number of amides is 3. The summed E-state index contributed by atoms with van der Waals surface area (Å²) >= 11 is 0. The molecule has 2 fully saturated rings. The van der Waals surface area contributed by atoms with E-state index in [0.29, 0.717) is 12.5 Å². The van der Waals surface area contributed by atoms with Crippen molar-refractivity contribution in [3.8, 4) is 0 Å². The molecule has 78 valence electrons. The van der Waals surface area contributed by atoms with Gasteiger partial charge in [-0.25, -0.2) is 4.79 Å². The van der Waals surface area contributed by atoms with Crippen molar-refractivity contribution in [1.29, 1.82) is 0 Å². The van der Waals surface area contributed by atoms with E-state index in [0.717, 1.165) is 19.5 Å². The first-order valence-electron chi connectivity index (χ1n) is 4.94. The maximum absolute atomic E-state index is 11.4. The lowest BCUT2D eigenvalue weighted by atomic mass is 9.99. The van der Waals surface area contributed by atoms with Crippen molar-refractivity contribution in [3.63, 3.8) is 0 Å². The van der Waals surface area contributed by atoms with Gasteiger partial charge in [-0.2, -0.15) is 0 Å². The Morgan fingerprint density at radius 2 is 2.14 bits per heavy atom. The van der Waals surface area contributed by atoms with Crippen molar-refractivity contribution in [2.45, 2.75) is 6.42 Å². The third-order valence-corrected chi connectivity index (χ3v) is 2.86. The van der Waals surface area contributed by atoms with Gasteiger partial charge in [0.25, 0.3) is 0 Å². The van der Waals surface area contributed by atoms with Crippen LogP contribution in [-0.2, 0) is 4.79 Å². The van der Waals surface area contributed by atoms with Crippen LogP contribution in [0.5, 0.6) is 0 Å². The fourth-order valence-electron chi connectivity index (χ4n) is 1.75. The lowest BCUT2D eigenvalue weighted by Gasteiger charge is -2.28. The highest BCUT2D eigenvalue weighted by Gasteiger charge is 2.33. The van der Waals surface area contributed by atoms with Crippen LogP contribution in [0, 0.1) is 5.92 Å². The zero-order valence-electron chi connectivity index (χ0n) is 8.32. The summed E-state index contributed by atoms with van der Waals surface area (Å²) in [6, 6.07) is -0.151. The summed E-state index contributed by atoms with van der Waals surface area (Å²) in [6.45, 7) is 2.86. The summed E-state index contributed by atoms with van der Waals surface area (Å²) in [5, 5.41) is 3.17. The van der Waals surface area contributed by atoms with Crippen LogP contribution in [0.2, 0.25) is 0 Å². The van der Waals surface area contributed by atoms with Crippen LogP contribution >= 0.6 is 0 Å². The van der Waals surface area contributed by atoms with Crippen LogP contribution in [0.25, 0.3) is 0 Å². The van der Waals surface area contributed by atoms with Crippen molar-refractivity contribution >= 4 is 11.9 Å². The molecule has 2 saturated heterocycles. The van der Waals surface area contributed by atoms with Crippen molar-refractivity contribution in [3.05, 3.63) is 0 Å². The largest absolute Gasteiger partial charge is 0.326 e. The molecule has 2 rings (SSSR count). The summed E-state index contributed by atoms with van der Waals surface area (Å²) in [4.78, 5) is 25.6. The fourth-order valence-corrected chi connectivity index (χ4v) is 1.75. The van der Waals surface area contributed by atoms with Crippen LogP contribution in [0.15, 0.2) is 0 Å². The zero-order valence-corrected chi connectivity index (χ0v) is 8.32. The maximum atomic E-state index is 11.4. The number of carbonyl (C=O) groups is 2. The average Bonchev–Trinajstić information content (AvgIpc) is 2.28. The molecule has 2 heterocycles. The number of hydrogen-bond acceptors (Lipinski definition) is 3. The molecular formula is C9H15N3O2. The molecule has 1 N–H and O–H groups in total. The number of likely N-dealkylation sites (N-methyl/N-ethyl adjacent to an activating group) is 1.